The van der Waals surface area contributed by atoms with Crippen LogP contribution in [0, 0.1) is 0 Å². The largest absolute Gasteiger partial charge is 0.309 e. The molecule has 1 aliphatic rings. The predicted molar refractivity (Wildman–Crippen MR) is 368 cm³/mol. The molecule has 87 heavy (non-hydrogen) atoms. The molecule has 0 radical (unpaired) electrons. The second kappa shape index (κ2) is 18.9. The molecule has 0 spiro atoms. The molecule has 14 aromatic carbocycles. The summed E-state index contributed by atoms with van der Waals surface area (Å²) in [5, 5.41) is 12.2. The fraction of sp³-hybridized carbons (Fsp3) is 0.0361. The first-order chi connectivity index (χ1) is 42.9. The molecule has 0 aliphatic heterocycles. The second-order valence-corrected chi connectivity index (χ2v) is 24.0. The number of anilines is 3. The number of hydrogen-bond acceptors (Lipinski definition) is 1. The van der Waals surface area contributed by atoms with Gasteiger partial charge in [-0.15, -0.1) is 0 Å². The zero-order chi connectivity index (χ0) is 57.5. The lowest BCUT2D eigenvalue weighted by molar-refractivity contribution is 0.660. The summed E-state index contributed by atoms with van der Waals surface area (Å²) in [5.74, 6) is 0. The lowest BCUT2D eigenvalue weighted by Crippen LogP contribution is -2.17. The van der Waals surface area contributed by atoms with Crippen molar-refractivity contribution in [2.24, 2.45) is 0 Å². The summed E-state index contributed by atoms with van der Waals surface area (Å²) in [7, 11) is 0. The van der Waals surface area contributed by atoms with E-state index in [0.29, 0.717) is 0 Å². The van der Waals surface area contributed by atoms with Gasteiger partial charge in [0.05, 0.1) is 44.5 Å². The highest BCUT2D eigenvalue weighted by molar-refractivity contribution is 6.16. The van der Waals surface area contributed by atoms with Gasteiger partial charge in [0.2, 0.25) is 0 Å². The average molecular weight is 1110 g/mol. The second-order valence-electron chi connectivity index (χ2n) is 24.0. The molecular formula is C83H56N4. The third-order valence-electron chi connectivity index (χ3n) is 19.0. The van der Waals surface area contributed by atoms with E-state index in [0.717, 1.165) is 28.4 Å². The highest BCUT2D eigenvalue weighted by atomic mass is 15.1. The number of aromatic nitrogens is 3. The summed E-state index contributed by atoms with van der Waals surface area (Å²) in [4.78, 5) is 2.55. The van der Waals surface area contributed by atoms with E-state index in [-0.39, 0.29) is 5.41 Å². The van der Waals surface area contributed by atoms with Crippen molar-refractivity contribution in [3.05, 3.63) is 314 Å². The van der Waals surface area contributed by atoms with Gasteiger partial charge in [-0.2, -0.15) is 0 Å². The summed E-state index contributed by atoms with van der Waals surface area (Å²) >= 11 is 0. The number of rotatable bonds is 8. The van der Waals surface area contributed by atoms with E-state index in [1.807, 2.05) is 0 Å². The van der Waals surface area contributed by atoms with Crippen molar-refractivity contribution in [3.8, 4) is 50.4 Å². The minimum absolute atomic E-state index is 0.316. The van der Waals surface area contributed by atoms with Crippen LogP contribution >= 0.6 is 0 Å². The van der Waals surface area contributed by atoms with Crippen molar-refractivity contribution in [1.29, 1.82) is 0 Å². The number of para-hydroxylation sites is 6. The molecule has 3 heterocycles. The summed E-state index contributed by atoms with van der Waals surface area (Å²) in [5.41, 5.74) is 23.7. The molecule has 0 bridgehead atoms. The Morgan fingerprint density at radius 3 is 1.05 bits per heavy atom. The Labute approximate surface area is 503 Å². The Hall–Kier alpha value is -11.2. The summed E-state index contributed by atoms with van der Waals surface area (Å²) < 4.78 is 7.24. The van der Waals surface area contributed by atoms with Gasteiger partial charge < -0.3 is 18.6 Å². The van der Waals surface area contributed by atoms with Crippen LogP contribution in [-0.4, -0.2) is 13.7 Å². The molecule has 0 unspecified atom stereocenters. The molecule has 0 fully saturated rings. The van der Waals surface area contributed by atoms with Crippen LogP contribution < -0.4 is 4.90 Å². The first-order valence-corrected chi connectivity index (χ1v) is 30.2. The van der Waals surface area contributed by atoms with Gasteiger partial charge in [0, 0.05) is 71.3 Å². The van der Waals surface area contributed by atoms with Crippen LogP contribution in [0.15, 0.2) is 303 Å². The van der Waals surface area contributed by atoms with Gasteiger partial charge in [0.25, 0.3) is 0 Å². The van der Waals surface area contributed by atoms with Gasteiger partial charge in [-0.25, -0.2) is 0 Å². The van der Waals surface area contributed by atoms with Crippen molar-refractivity contribution in [2.75, 3.05) is 4.90 Å². The van der Waals surface area contributed by atoms with E-state index in [1.165, 1.54) is 137 Å². The zero-order valence-corrected chi connectivity index (χ0v) is 48.2. The van der Waals surface area contributed by atoms with E-state index >= 15 is 0 Å². The van der Waals surface area contributed by atoms with E-state index < -0.39 is 0 Å². The molecule has 17 aromatic rings. The minimum atomic E-state index is -0.316. The maximum atomic E-state index is 2.55. The molecule has 0 atom stereocenters. The van der Waals surface area contributed by atoms with Gasteiger partial charge in [-0.3, -0.25) is 0 Å². The van der Waals surface area contributed by atoms with Crippen LogP contribution in [0.25, 0.3) is 137 Å². The van der Waals surface area contributed by atoms with E-state index in [1.54, 1.807) is 0 Å². The van der Waals surface area contributed by atoms with Crippen LogP contribution in [0.2, 0.25) is 0 Å². The Balaban J connectivity index is 0.825. The number of nitrogens with zero attached hydrogens (tertiary/aromatic N) is 4. The first-order valence-electron chi connectivity index (χ1n) is 30.2. The zero-order valence-electron chi connectivity index (χ0n) is 48.2. The molecule has 408 valence electrons. The molecule has 0 saturated carbocycles. The predicted octanol–water partition coefficient (Wildman–Crippen LogP) is 22.4. The van der Waals surface area contributed by atoms with E-state index in [2.05, 4.69) is 336 Å². The molecule has 4 heteroatoms. The number of hydrogen-bond donors (Lipinski definition) is 0. The van der Waals surface area contributed by atoms with Crippen LogP contribution in [0.3, 0.4) is 0 Å². The van der Waals surface area contributed by atoms with Gasteiger partial charge >= 0.3 is 0 Å². The van der Waals surface area contributed by atoms with Crippen LogP contribution in [0.4, 0.5) is 17.1 Å². The molecule has 0 N–H and O–H groups in total. The van der Waals surface area contributed by atoms with Crippen molar-refractivity contribution < 1.29 is 0 Å². The summed E-state index contributed by atoms with van der Waals surface area (Å²) in [6.45, 7) is 4.83. The Morgan fingerprint density at radius 2 is 0.586 bits per heavy atom. The van der Waals surface area contributed by atoms with Crippen molar-refractivity contribution in [2.45, 2.75) is 19.3 Å². The van der Waals surface area contributed by atoms with Crippen molar-refractivity contribution in [1.82, 2.24) is 13.7 Å². The van der Waals surface area contributed by atoms with Gasteiger partial charge in [0.1, 0.15) is 0 Å². The van der Waals surface area contributed by atoms with Gasteiger partial charge in [-0.1, -0.05) is 208 Å². The monoisotopic (exact) mass is 1110 g/mol. The fourth-order valence-corrected chi connectivity index (χ4v) is 15.1. The molecule has 0 amide bonds. The molecule has 18 rings (SSSR count). The Bertz CT molecular complexity index is 5390. The highest BCUT2D eigenvalue weighted by Gasteiger charge is 2.37. The van der Waals surface area contributed by atoms with Crippen LogP contribution in [0.5, 0.6) is 0 Å². The minimum Gasteiger partial charge on any atom is -0.309 e. The highest BCUT2D eigenvalue weighted by Crippen LogP contribution is 2.54. The molecular weight excluding hydrogens is 1050 g/mol. The summed E-state index contributed by atoms with van der Waals surface area (Å²) in [6.07, 6.45) is 0. The smallest absolute Gasteiger partial charge is 0.0541 e. The molecule has 3 aromatic heterocycles. The van der Waals surface area contributed by atoms with Crippen LogP contribution in [-0.2, 0) is 5.41 Å². The van der Waals surface area contributed by atoms with Crippen molar-refractivity contribution in [3.63, 3.8) is 0 Å². The third kappa shape index (κ3) is 7.31. The number of fused-ring (bicyclic) bond motifs is 14. The summed E-state index contributed by atoms with van der Waals surface area (Å²) in [6, 6.07) is 113. The lowest BCUT2D eigenvalue weighted by atomic mass is 9.82. The molecule has 4 nitrogen and oxygen atoms in total. The average Bonchev–Trinajstić information content (AvgIpc) is 2.18. The topological polar surface area (TPSA) is 18.0 Å². The van der Waals surface area contributed by atoms with Gasteiger partial charge in [0.15, 0.2) is 0 Å². The normalized spacial score (nSPS) is 12.8. The maximum absolute atomic E-state index is 2.55. The Kier molecular flexibility index (Phi) is 10.7. The SMILES string of the molecule is CC1(C)c2cc(N(c3ccc(-c4ccc5c(c4)c4ccccc4n5-c4ccccc4)c4ccccc34)c3ccc(-c4ccc5c(c4)c4ccccc4n5-c4ccccc4)c4ccccc34)ccc2-c2ccc(-n3c4ccccc4c4ccccc43)cc21. The van der Waals surface area contributed by atoms with Gasteiger partial charge in [-0.05, 0) is 164 Å². The molecule has 1 aliphatic carbocycles. The van der Waals surface area contributed by atoms with E-state index in [9.17, 15) is 0 Å². The fourth-order valence-electron chi connectivity index (χ4n) is 15.1. The maximum Gasteiger partial charge on any atom is 0.0541 e. The van der Waals surface area contributed by atoms with Crippen molar-refractivity contribution >= 4 is 104 Å². The quantitative estimate of drug-likeness (QED) is 0.148. The third-order valence-corrected chi connectivity index (χ3v) is 19.0. The number of benzene rings is 14. The Morgan fingerprint density at radius 1 is 0.241 bits per heavy atom. The molecule has 0 saturated heterocycles. The van der Waals surface area contributed by atoms with Crippen LogP contribution in [0.1, 0.15) is 25.0 Å². The first kappa shape index (κ1) is 49.2. The lowest BCUT2D eigenvalue weighted by Gasteiger charge is -2.31. The van der Waals surface area contributed by atoms with E-state index in [4.69, 9.17) is 0 Å². The standard InChI is InChI=1S/C83H56N4/c1-83(2)73-51-57(86-75-33-17-13-29-67(75)68-30-14-18-34-76(68)86)39-41-63(73)64-42-40-58(52-74(64)83)87(79-47-43-59(61-25-9-11-27-65(61)79)53-37-45-81-71(49-53)69-31-15-19-35-77(69)84(81)55-21-5-3-6-22-55)80-48-44-60(62-26-10-12-28-66(62)80)54-38-46-82-72(50-54)70-32-16-20-36-78(70)85(82)56-23-7-4-8-24-56/h3-52H,1-2H3.